The third-order valence-electron chi connectivity index (χ3n) is 4.18. The quantitative estimate of drug-likeness (QED) is 0.916. The molecule has 0 amide bonds. The molecule has 0 aliphatic heterocycles. The zero-order valence-electron chi connectivity index (χ0n) is 12.6. The molecule has 112 valence electrons. The van der Waals surface area contributed by atoms with E-state index < -0.39 is 6.10 Å². The molecular weight excluding hydrogens is 269 g/mol. The van der Waals surface area contributed by atoms with Gasteiger partial charge in [-0.2, -0.15) is 0 Å². The number of aliphatic hydroxyl groups excluding tert-OH is 1. The number of ether oxygens (including phenoxy) is 1. The molecule has 0 spiro atoms. The van der Waals surface area contributed by atoms with Crippen LogP contribution in [0.25, 0.3) is 5.69 Å². The van der Waals surface area contributed by atoms with E-state index in [1.807, 2.05) is 16.8 Å². The summed E-state index contributed by atoms with van der Waals surface area (Å²) in [6.45, 7) is 4.30. The Bertz CT molecular complexity index is 675. The number of benzene rings is 1. The molecule has 0 saturated heterocycles. The smallest absolute Gasteiger partial charge is 0.145 e. The average Bonchev–Trinajstić information content (AvgIpc) is 2.81. The van der Waals surface area contributed by atoms with Crippen molar-refractivity contribution >= 4 is 0 Å². The molecule has 1 unspecified atom stereocenters. The summed E-state index contributed by atoms with van der Waals surface area (Å²) in [5.41, 5.74) is 2.87. The normalized spacial score (nSPS) is 20.1. The number of halogens is 1. The van der Waals surface area contributed by atoms with Crippen molar-refractivity contribution in [3.8, 4) is 11.4 Å². The maximum Gasteiger partial charge on any atom is 0.145 e. The van der Waals surface area contributed by atoms with Crippen LogP contribution in [0.15, 0.2) is 30.5 Å². The molecule has 21 heavy (non-hydrogen) atoms. The molecule has 0 radical (unpaired) electrons. The van der Waals surface area contributed by atoms with Gasteiger partial charge in [0.1, 0.15) is 11.6 Å². The zero-order chi connectivity index (χ0) is 15.2. The predicted molar refractivity (Wildman–Crippen MR) is 79.3 cm³/mol. The van der Waals surface area contributed by atoms with Gasteiger partial charge in [0.2, 0.25) is 0 Å². The lowest BCUT2D eigenvalue weighted by atomic mass is 9.75. The van der Waals surface area contributed by atoms with Gasteiger partial charge >= 0.3 is 0 Å². The first-order valence-electron chi connectivity index (χ1n) is 7.13. The maximum absolute atomic E-state index is 13.4. The van der Waals surface area contributed by atoms with Crippen molar-refractivity contribution in [1.82, 2.24) is 4.57 Å². The van der Waals surface area contributed by atoms with E-state index in [2.05, 4.69) is 13.8 Å². The second kappa shape index (κ2) is 4.88. The molecular formula is C17H20FNO2. The lowest BCUT2D eigenvalue weighted by Gasteiger charge is -2.34. The highest BCUT2D eigenvalue weighted by atomic mass is 19.1. The highest BCUT2D eigenvalue weighted by Gasteiger charge is 2.33. The minimum absolute atomic E-state index is 0.0375. The molecule has 4 heteroatoms. The molecule has 1 aliphatic carbocycles. The lowest BCUT2D eigenvalue weighted by Crippen LogP contribution is -2.26. The zero-order valence-corrected chi connectivity index (χ0v) is 12.6. The Hall–Kier alpha value is -1.81. The van der Waals surface area contributed by atoms with Crippen molar-refractivity contribution in [3.63, 3.8) is 0 Å². The van der Waals surface area contributed by atoms with Crippen molar-refractivity contribution in [1.29, 1.82) is 0 Å². The molecule has 1 N–H and O–H groups in total. The molecule has 0 fully saturated rings. The number of hydrogen-bond acceptors (Lipinski definition) is 2. The Balaban J connectivity index is 2.14. The second-order valence-corrected chi connectivity index (χ2v) is 6.46. The van der Waals surface area contributed by atoms with Crippen LogP contribution < -0.4 is 4.74 Å². The molecule has 3 nitrogen and oxygen atoms in total. The van der Waals surface area contributed by atoms with Crippen LogP contribution in [0.3, 0.4) is 0 Å². The minimum Gasteiger partial charge on any atom is -0.494 e. The van der Waals surface area contributed by atoms with Gasteiger partial charge in [0, 0.05) is 23.5 Å². The average molecular weight is 289 g/mol. The van der Waals surface area contributed by atoms with E-state index >= 15 is 0 Å². The Kier molecular flexibility index (Phi) is 3.29. The fourth-order valence-electron chi connectivity index (χ4n) is 3.21. The molecule has 1 aromatic carbocycles. The van der Waals surface area contributed by atoms with Gasteiger partial charge in [-0.25, -0.2) is 4.39 Å². The number of methoxy groups -OCH3 is 1. The van der Waals surface area contributed by atoms with Crippen LogP contribution in [0, 0.1) is 11.2 Å². The summed E-state index contributed by atoms with van der Waals surface area (Å²) in [5.74, 6) is 0.170. The number of nitrogens with zero attached hydrogens (tertiary/aromatic N) is 1. The third-order valence-corrected chi connectivity index (χ3v) is 4.18. The van der Waals surface area contributed by atoms with Gasteiger partial charge in [0.25, 0.3) is 0 Å². The summed E-state index contributed by atoms with van der Waals surface area (Å²) in [6.07, 6.45) is 3.10. The number of hydrogen-bond donors (Lipinski definition) is 1. The number of rotatable bonds is 2. The van der Waals surface area contributed by atoms with Crippen molar-refractivity contribution in [2.75, 3.05) is 7.11 Å². The molecule has 3 rings (SSSR count). The first kappa shape index (κ1) is 14.1. The van der Waals surface area contributed by atoms with Gasteiger partial charge in [-0.3, -0.25) is 0 Å². The third kappa shape index (κ3) is 2.44. The first-order valence-corrected chi connectivity index (χ1v) is 7.13. The van der Waals surface area contributed by atoms with E-state index in [1.165, 1.54) is 19.2 Å². The Morgan fingerprint density at radius 3 is 2.81 bits per heavy atom. The molecule has 2 aromatic rings. The van der Waals surface area contributed by atoms with Crippen LogP contribution in [0.1, 0.15) is 37.6 Å². The van der Waals surface area contributed by atoms with Crippen LogP contribution >= 0.6 is 0 Å². The summed E-state index contributed by atoms with van der Waals surface area (Å²) >= 11 is 0. The van der Waals surface area contributed by atoms with E-state index in [-0.39, 0.29) is 11.2 Å². The van der Waals surface area contributed by atoms with Gasteiger partial charge in [-0.1, -0.05) is 13.8 Å². The van der Waals surface area contributed by atoms with Gasteiger partial charge in [0.15, 0.2) is 0 Å². The topological polar surface area (TPSA) is 34.4 Å². The Labute approximate surface area is 124 Å². The number of fused-ring (bicyclic) bond motifs is 1. The summed E-state index contributed by atoms with van der Waals surface area (Å²) in [5, 5.41) is 10.3. The molecule has 1 aromatic heterocycles. The maximum atomic E-state index is 13.4. The standard InChI is InChI=1S/C17H20FNO2/c1-17(2)9-14-12(15(20)10-17)6-7-19(14)13-5-4-11(18)8-16(13)21-3/h4-8,15,20H,9-10H2,1-3H3. The molecule has 0 saturated carbocycles. The van der Waals surface area contributed by atoms with Gasteiger partial charge in [-0.15, -0.1) is 0 Å². The van der Waals surface area contributed by atoms with Crippen molar-refractivity contribution in [2.24, 2.45) is 5.41 Å². The van der Waals surface area contributed by atoms with E-state index in [1.54, 1.807) is 6.07 Å². The largest absolute Gasteiger partial charge is 0.494 e. The van der Waals surface area contributed by atoms with Crippen molar-refractivity contribution in [3.05, 3.63) is 47.5 Å². The second-order valence-electron chi connectivity index (χ2n) is 6.46. The lowest BCUT2D eigenvalue weighted by molar-refractivity contribution is 0.0986. The van der Waals surface area contributed by atoms with Crippen molar-refractivity contribution in [2.45, 2.75) is 32.8 Å². The van der Waals surface area contributed by atoms with Crippen LogP contribution in [-0.2, 0) is 6.42 Å². The van der Waals surface area contributed by atoms with Crippen LogP contribution in [0.4, 0.5) is 4.39 Å². The predicted octanol–water partition coefficient (Wildman–Crippen LogP) is 3.63. The van der Waals surface area contributed by atoms with Gasteiger partial charge < -0.3 is 14.4 Å². The minimum atomic E-state index is -0.448. The summed E-state index contributed by atoms with van der Waals surface area (Å²) in [7, 11) is 1.53. The van der Waals surface area contributed by atoms with Crippen LogP contribution in [-0.4, -0.2) is 16.8 Å². The first-order chi connectivity index (χ1) is 9.91. The summed E-state index contributed by atoms with van der Waals surface area (Å²) in [4.78, 5) is 0. The molecule has 1 atom stereocenters. The number of aliphatic hydroxyl groups is 1. The monoisotopic (exact) mass is 289 g/mol. The van der Waals surface area contributed by atoms with Gasteiger partial charge in [0.05, 0.1) is 18.9 Å². The van der Waals surface area contributed by atoms with E-state index in [0.717, 1.165) is 29.8 Å². The Morgan fingerprint density at radius 1 is 1.33 bits per heavy atom. The van der Waals surface area contributed by atoms with E-state index in [4.69, 9.17) is 4.74 Å². The number of aromatic nitrogens is 1. The Morgan fingerprint density at radius 2 is 2.10 bits per heavy atom. The summed E-state index contributed by atoms with van der Waals surface area (Å²) in [6, 6.07) is 6.46. The molecule has 1 heterocycles. The highest BCUT2D eigenvalue weighted by Crippen LogP contribution is 2.42. The fourth-order valence-corrected chi connectivity index (χ4v) is 3.21. The van der Waals surface area contributed by atoms with Crippen LogP contribution in [0.5, 0.6) is 5.75 Å². The summed E-state index contributed by atoms with van der Waals surface area (Å²) < 4.78 is 20.7. The highest BCUT2D eigenvalue weighted by molar-refractivity contribution is 5.50. The van der Waals surface area contributed by atoms with Gasteiger partial charge in [-0.05, 0) is 36.5 Å². The molecule has 0 bridgehead atoms. The van der Waals surface area contributed by atoms with E-state index in [9.17, 15) is 9.50 Å². The fraction of sp³-hybridized carbons (Fsp3) is 0.412. The van der Waals surface area contributed by atoms with Crippen molar-refractivity contribution < 1.29 is 14.2 Å². The van der Waals surface area contributed by atoms with Crippen LogP contribution in [0.2, 0.25) is 0 Å². The van der Waals surface area contributed by atoms with E-state index in [0.29, 0.717) is 5.75 Å². The molecule has 1 aliphatic rings. The SMILES string of the molecule is COc1cc(F)ccc1-n1ccc2c1CC(C)(C)CC2O.